The smallest absolute Gasteiger partial charge is 0.205 e. The number of ketones is 1. The van der Waals surface area contributed by atoms with Crippen LogP contribution in [0.15, 0.2) is 94.7 Å². The summed E-state index contributed by atoms with van der Waals surface area (Å²) in [6, 6.07) is 24.7. The Labute approximate surface area is 187 Å². The third kappa shape index (κ3) is 4.00. The minimum Gasteiger partial charge on any atom is -0.461 e. The van der Waals surface area contributed by atoms with Gasteiger partial charge in [0, 0.05) is 16.3 Å². The van der Waals surface area contributed by atoms with E-state index in [2.05, 4.69) is 10.2 Å². The number of thioether (sulfide) groups is 1. The van der Waals surface area contributed by atoms with Crippen molar-refractivity contribution in [1.82, 2.24) is 14.8 Å². The molecule has 2 heterocycles. The lowest BCUT2D eigenvalue weighted by Gasteiger charge is -2.09. The molecular weight excluding hydrogens is 430 g/mol. The summed E-state index contributed by atoms with van der Waals surface area (Å²) in [6.45, 7) is 0. The van der Waals surface area contributed by atoms with E-state index in [1.54, 1.807) is 24.5 Å². The van der Waals surface area contributed by atoms with Crippen LogP contribution in [0.5, 0.6) is 0 Å². The van der Waals surface area contributed by atoms with Gasteiger partial charge in [0.15, 0.2) is 16.7 Å². The van der Waals surface area contributed by atoms with E-state index in [1.807, 2.05) is 65.2 Å². The van der Waals surface area contributed by atoms with Gasteiger partial charge in [-0.1, -0.05) is 59.8 Å². The SMILES string of the molecule is O=C(CSc1nnc(-c2ccco2)n1-c1ccc(Cl)cc1)c1ccc2ccccc2c1. The molecule has 0 spiro atoms. The first-order valence-corrected chi connectivity index (χ1v) is 11.0. The van der Waals surface area contributed by atoms with Crippen LogP contribution in [0.25, 0.3) is 28.0 Å². The predicted octanol–water partition coefficient (Wildman–Crippen LogP) is 6.31. The van der Waals surface area contributed by atoms with Gasteiger partial charge in [0.2, 0.25) is 5.82 Å². The van der Waals surface area contributed by atoms with E-state index in [-0.39, 0.29) is 11.5 Å². The Bertz CT molecular complexity index is 1360. The lowest BCUT2D eigenvalue weighted by atomic mass is 10.1. The number of halogens is 1. The van der Waals surface area contributed by atoms with Crippen LogP contribution >= 0.6 is 23.4 Å². The first-order valence-electron chi connectivity index (χ1n) is 9.59. The van der Waals surface area contributed by atoms with Gasteiger partial charge in [0.25, 0.3) is 0 Å². The Morgan fingerprint density at radius 3 is 2.52 bits per heavy atom. The molecule has 5 nitrogen and oxygen atoms in total. The van der Waals surface area contributed by atoms with Crippen molar-refractivity contribution >= 4 is 39.9 Å². The maximum absolute atomic E-state index is 12.9. The highest BCUT2D eigenvalue weighted by Crippen LogP contribution is 2.29. The van der Waals surface area contributed by atoms with Crippen LogP contribution in [0.4, 0.5) is 0 Å². The zero-order chi connectivity index (χ0) is 21.2. The fourth-order valence-corrected chi connectivity index (χ4v) is 4.30. The molecule has 0 N–H and O–H groups in total. The van der Waals surface area contributed by atoms with Crippen LogP contribution in [0, 0.1) is 0 Å². The molecule has 3 aromatic carbocycles. The Kier molecular flexibility index (Phi) is 5.32. The highest BCUT2D eigenvalue weighted by atomic mass is 35.5. The molecule has 0 fully saturated rings. The normalized spacial score (nSPS) is 11.1. The number of aromatic nitrogens is 3. The van der Waals surface area contributed by atoms with E-state index in [0.717, 1.165) is 16.5 Å². The second-order valence-electron chi connectivity index (χ2n) is 6.87. The minimum absolute atomic E-state index is 0.0287. The van der Waals surface area contributed by atoms with Gasteiger partial charge in [-0.3, -0.25) is 9.36 Å². The summed E-state index contributed by atoms with van der Waals surface area (Å²) in [7, 11) is 0. The molecule has 5 aromatic rings. The highest BCUT2D eigenvalue weighted by molar-refractivity contribution is 7.99. The lowest BCUT2D eigenvalue weighted by Crippen LogP contribution is -2.05. The van der Waals surface area contributed by atoms with Crippen molar-refractivity contribution in [2.45, 2.75) is 5.16 Å². The number of carbonyl (C=O) groups excluding carboxylic acids is 1. The molecule has 7 heteroatoms. The standard InChI is InChI=1S/C24H16ClN3O2S/c25-19-9-11-20(12-10-19)28-23(22-6-3-13-30-22)26-27-24(28)31-15-21(29)18-8-7-16-4-1-2-5-17(16)14-18/h1-14H,15H2. The van der Waals surface area contributed by atoms with Crippen molar-refractivity contribution in [2.75, 3.05) is 5.75 Å². The number of hydrogen-bond donors (Lipinski definition) is 0. The van der Waals surface area contributed by atoms with Gasteiger partial charge in [-0.25, -0.2) is 0 Å². The number of Topliss-reactive ketones (excluding diaryl/α,β-unsaturated/α-hetero) is 1. The number of hydrogen-bond acceptors (Lipinski definition) is 5. The first kappa shape index (κ1) is 19.6. The van der Waals surface area contributed by atoms with Gasteiger partial charge in [0.1, 0.15) is 0 Å². The number of furan rings is 1. The summed E-state index contributed by atoms with van der Waals surface area (Å²) >= 11 is 7.39. The van der Waals surface area contributed by atoms with Crippen LogP contribution in [0.2, 0.25) is 5.02 Å². The van der Waals surface area contributed by atoms with E-state index in [4.69, 9.17) is 16.0 Å². The van der Waals surface area contributed by atoms with Crippen LogP contribution in [0.1, 0.15) is 10.4 Å². The second-order valence-corrected chi connectivity index (χ2v) is 8.25. The molecular formula is C24H16ClN3O2S. The molecule has 31 heavy (non-hydrogen) atoms. The van der Waals surface area contributed by atoms with Crippen LogP contribution in [-0.4, -0.2) is 26.3 Å². The van der Waals surface area contributed by atoms with Crippen molar-refractivity contribution in [2.24, 2.45) is 0 Å². The molecule has 0 aliphatic carbocycles. The van der Waals surface area contributed by atoms with Gasteiger partial charge < -0.3 is 4.42 Å². The first-order chi connectivity index (χ1) is 15.2. The largest absolute Gasteiger partial charge is 0.461 e. The zero-order valence-corrected chi connectivity index (χ0v) is 17.8. The lowest BCUT2D eigenvalue weighted by molar-refractivity contribution is 0.102. The number of fused-ring (bicyclic) bond motifs is 1. The molecule has 0 radical (unpaired) electrons. The minimum atomic E-state index is 0.0287. The van der Waals surface area contributed by atoms with Crippen LogP contribution in [-0.2, 0) is 0 Å². The van der Waals surface area contributed by atoms with Crippen molar-refractivity contribution in [3.8, 4) is 17.3 Å². The summed E-state index contributed by atoms with van der Waals surface area (Å²) in [5.74, 6) is 1.42. The molecule has 0 atom stereocenters. The third-order valence-electron chi connectivity index (χ3n) is 4.86. The number of benzene rings is 3. The van der Waals surface area contributed by atoms with Gasteiger partial charge in [-0.2, -0.15) is 0 Å². The van der Waals surface area contributed by atoms with Gasteiger partial charge >= 0.3 is 0 Å². The van der Waals surface area contributed by atoms with E-state index >= 15 is 0 Å². The fraction of sp³-hybridized carbons (Fsp3) is 0.0417. The van der Waals surface area contributed by atoms with Crippen LogP contribution in [0.3, 0.4) is 0 Å². The van der Waals surface area contributed by atoms with Gasteiger partial charge in [-0.15, -0.1) is 10.2 Å². The second kappa shape index (κ2) is 8.41. The molecule has 2 aromatic heterocycles. The van der Waals surface area contributed by atoms with E-state index in [0.29, 0.717) is 27.3 Å². The molecule has 152 valence electrons. The quantitative estimate of drug-likeness (QED) is 0.226. The van der Waals surface area contributed by atoms with Crippen molar-refractivity contribution in [3.63, 3.8) is 0 Å². The molecule has 0 aliphatic heterocycles. The van der Waals surface area contributed by atoms with Gasteiger partial charge in [-0.05, 0) is 53.2 Å². The highest BCUT2D eigenvalue weighted by Gasteiger charge is 2.19. The average Bonchev–Trinajstić information content (AvgIpc) is 3.47. The summed E-state index contributed by atoms with van der Waals surface area (Å²) in [4.78, 5) is 12.9. The Hall–Kier alpha value is -3.35. The van der Waals surface area contributed by atoms with E-state index in [9.17, 15) is 4.79 Å². The third-order valence-corrected chi connectivity index (χ3v) is 6.04. The fourth-order valence-electron chi connectivity index (χ4n) is 3.33. The molecule has 0 bridgehead atoms. The Balaban J connectivity index is 1.44. The molecule has 0 amide bonds. The number of carbonyl (C=O) groups is 1. The van der Waals surface area contributed by atoms with Gasteiger partial charge in [0.05, 0.1) is 12.0 Å². The Morgan fingerprint density at radius 2 is 1.74 bits per heavy atom. The molecule has 5 rings (SSSR count). The predicted molar refractivity (Wildman–Crippen MR) is 123 cm³/mol. The Morgan fingerprint density at radius 1 is 0.935 bits per heavy atom. The van der Waals surface area contributed by atoms with Crippen LogP contribution < -0.4 is 0 Å². The van der Waals surface area contributed by atoms with E-state index < -0.39 is 0 Å². The molecule has 0 saturated heterocycles. The van der Waals surface area contributed by atoms with E-state index in [1.165, 1.54) is 11.8 Å². The topological polar surface area (TPSA) is 60.9 Å². The summed E-state index contributed by atoms with van der Waals surface area (Å²) < 4.78 is 7.40. The summed E-state index contributed by atoms with van der Waals surface area (Å²) in [5, 5.41) is 12.0. The molecule has 0 unspecified atom stereocenters. The summed E-state index contributed by atoms with van der Waals surface area (Å²) in [5.41, 5.74) is 1.51. The molecule has 0 aliphatic rings. The maximum atomic E-state index is 12.9. The van der Waals surface area contributed by atoms with Crippen molar-refractivity contribution in [1.29, 1.82) is 0 Å². The van der Waals surface area contributed by atoms with Crippen molar-refractivity contribution < 1.29 is 9.21 Å². The summed E-state index contributed by atoms with van der Waals surface area (Å²) in [6.07, 6.45) is 1.59. The number of nitrogens with zero attached hydrogens (tertiary/aromatic N) is 3. The van der Waals surface area contributed by atoms with Crippen molar-refractivity contribution in [3.05, 3.63) is 95.7 Å². The molecule has 0 saturated carbocycles. The zero-order valence-electron chi connectivity index (χ0n) is 16.2. The monoisotopic (exact) mass is 445 g/mol. The maximum Gasteiger partial charge on any atom is 0.205 e. The average molecular weight is 446 g/mol. The number of rotatable bonds is 6.